The highest BCUT2D eigenvalue weighted by atomic mass is 35.5. The SMILES string of the molecule is NCCc1csc(-c2ccc(Cl)cc2)c1. The minimum absolute atomic E-state index is 0.705. The highest BCUT2D eigenvalue weighted by Gasteiger charge is 2.01. The first-order chi connectivity index (χ1) is 7.29. The molecule has 1 nitrogen and oxygen atoms in total. The van der Waals surface area contributed by atoms with E-state index in [-0.39, 0.29) is 0 Å². The summed E-state index contributed by atoms with van der Waals surface area (Å²) in [6.07, 6.45) is 0.949. The number of hydrogen-bond donors (Lipinski definition) is 1. The van der Waals surface area contributed by atoms with Crippen LogP contribution in [0.5, 0.6) is 0 Å². The maximum absolute atomic E-state index is 5.84. The predicted molar refractivity (Wildman–Crippen MR) is 67.5 cm³/mol. The molecule has 0 aliphatic carbocycles. The van der Waals surface area contributed by atoms with Gasteiger partial charge >= 0.3 is 0 Å². The van der Waals surface area contributed by atoms with Crippen molar-refractivity contribution in [3.05, 3.63) is 46.3 Å². The smallest absolute Gasteiger partial charge is 0.0406 e. The molecule has 0 aliphatic rings. The number of benzene rings is 1. The van der Waals surface area contributed by atoms with Gasteiger partial charge in [-0.25, -0.2) is 0 Å². The van der Waals surface area contributed by atoms with Gasteiger partial charge in [0.25, 0.3) is 0 Å². The van der Waals surface area contributed by atoms with E-state index in [4.69, 9.17) is 17.3 Å². The minimum atomic E-state index is 0.705. The molecule has 1 aromatic heterocycles. The third kappa shape index (κ3) is 2.59. The molecule has 1 heterocycles. The maximum Gasteiger partial charge on any atom is 0.0406 e. The lowest BCUT2D eigenvalue weighted by atomic mass is 10.1. The van der Waals surface area contributed by atoms with Gasteiger partial charge in [-0.15, -0.1) is 11.3 Å². The second-order valence-electron chi connectivity index (χ2n) is 3.36. The van der Waals surface area contributed by atoms with E-state index in [0.29, 0.717) is 6.54 Å². The van der Waals surface area contributed by atoms with Gasteiger partial charge in [-0.1, -0.05) is 23.7 Å². The number of rotatable bonds is 3. The molecule has 0 radical (unpaired) electrons. The van der Waals surface area contributed by atoms with Crippen molar-refractivity contribution in [1.82, 2.24) is 0 Å². The standard InChI is InChI=1S/C12H12ClNS/c13-11-3-1-10(2-4-11)12-7-9(5-6-14)8-15-12/h1-4,7-8H,5-6,14H2. The van der Waals surface area contributed by atoms with E-state index in [2.05, 4.69) is 11.4 Å². The summed E-state index contributed by atoms with van der Waals surface area (Å²) < 4.78 is 0. The van der Waals surface area contributed by atoms with Crippen LogP contribution in [0.15, 0.2) is 35.7 Å². The molecule has 15 heavy (non-hydrogen) atoms. The van der Waals surface area contributed by atoms with Gasteiger partial charge in [0.05, 0.1) is 0 Å². The van der Waals surface area contributed by atoms with Crippen LogP contribution < -0.4 is 5.73 Å². The number of halogens is 1. The fraction of sp³-hybridized carbons (Fsp3) is 0.167. The summed E-state index contributed by atoms with van der Waals surface area (Å²) in [7, 11) is 0. The van der Waals surface area contributed by atoms with E-state index < -0.39 is 0 Å². The maximum atomic E-state index is 5.84. The van der Waals surface area contributed by atoms with Crippen LogP contribution in [0.1, 0.15) is 5.56 Å². The second-order valence-corrected chi connectivity index (χ2v) is 4.71. The van der Waals surface area contributed by atoms with E-state index >= 15 is 0 Å². The van der Waals surface area contributed by atoms with Crippen LogP contribution in [0.25, 0.3) is 10.4 Å². The Balaban J connectivity index is 2.25. The van der Waals surface area contributed by atoms with Gasteiger partial charge in [0.15, 0.2) is 0 Å². The molecule has 78 valence electrons. The van der Waals surface area contributed by atoms with Crippen LogP contribution in [-0.4, -0.2) is 6.54 Å². The number of thiophene rings is 1. The Morgan fingerprint density at radius 2 is 1.93 bits per heavy atom. The first kappa shape index (κ1) is 10.7. The fourth-order valence-electron chi connectivity index (χ4n) is 1.44. The summed E-state index contributed by atoms with van der Waals surface area (Å²) in [6.45, 7) is 0.705. The van der Waals surface area contributed by atoms with Gasteiger partial charge < -0.3 is 5.73 Å². The number of hydrogen-bond acceptors (Lipinski definition) is 2. The third-order valence-corrected chi connectivity index (χ3v) is 3.50. The molecule has 0 saturated heterocycles. The molecule has 1 aromatic carbocycles. The average molecular weight is 238 g/mol. The topological polar surface area (TPSA) is 26.0 Å². The predicted octanol–water partition coefficient (Wildman–Crippen LogP) is 3.57. The van der Waals surface area contributed by atoms with Crippen molar-refractivity contribution in [3.63, 3.8) is 0 Å². The Labute approximate surface area is 98.5 Å². The van der Waals surface area contributed by atoms with Gasteiger partial charge in [0.1, 0.15) is 0 Å². The lowest BCUT2D eigenvalue weighted by molar-refractivity contribution is 0.974. The molecule has 0 saturated carbocycles. The molecular weight excluding hydrogens is 226 g/mol. The fourth-order valence-corrected chi connectivity index (χ4v) is 2.52. The Morgan fingerprint density at radius 3 is 2.60 bits per heavy atom. The summed E-state index contributed by atoms with van der Waals surface area (Å²) in [5.41, 5.74) is 8.04. The average Bonchev–Trinajstić information content (AvgIpc) is 2.68. The van der Waals surface area contributed by atoms with Crippen molar-refractivity contribution in [2.24, 2.45) is 5.73 Å². The highest BCUT2D eigenvalue weighted by molar-refractivity contribution is 7.13. The first-order valence-electron chi connectivity index (χ1n) is 4.83. The molecular formula is C12H12ClNS. The van der Waals surface area contributed by atoms with Crippen LogP contribution >= 0.6 is 22.9 Å². The normalized spacial score (nSPS) is 10.5. The van der Waals surface area contributed by atoms with Crippen molar-refractivity contribution in [2.45, 2.75) is 6.42 Å². The van der Waals surface area contributed by atoms with Crippen molar-refractivity contribution >= 4 is 22.9 Å². The summed E-state index contributed by atoms with van der Waals surface area (Å²) in [6, 6.07) is 10.1. The molecule has 0 spiro atoms. The van der Waals surface area contributed by atoms with Crippen molar-refractivity contribution in [3.8, 4) is 10.4 Å². The second kappa shape index (κ2) is 4.79. The quantitative estimate of drug-likeness (QED) is 0.868. The molecule has 0 atom stereocenters. The Morgan fingerprint density at radius 1 is 1.20 bits per heavy atom. The van der Waals surface area contributed by atoms with Crippen LogP contribution in [-0.2, 0) is 6.42 Å². The molecule has 2 N–H and O–H groups in total. The van der Waals surface area contributed by atoms with Gasteiger partial charge in [-0.2, -0.15) is 0 Å². The van der Waals surface area contributed by atoms with Crippen molar-refractivity contribution in [2.75, 3.05) is 6.54 Å². The summed E-state index contributed by atoms with van der Waals surface area (Å²) in [5.74, 6) is 0. The lowest BCUT2D eigenvalue weighted by Crippen LogP contribution is -2.01. The zero-order chi connectivity index (χ0) is 10.7. The zero-order valence-electron chi connectivity index (χ0n) is 8.24. The highest BCUT2D eigenvalue weighted by Crippen LogP contribution is 2.28. The molecule has 0 aliphatic heterocycles. The summed E-state index contributed by atoms with van der Waals surface area (Å²) in [5, 5.41) is 2.94. The van der Waals surface area contributed by atoms with E-state index in [1.54, 1.807) is 11.3 Å². The van der Waals surface area contributed by atoms with Crippen LogP contribution in [0.4, 0.5) is 0 Å². The summed E-state index contributed by atoms with van der Waals surface area (Å²) in [4.78, 5) is 1.27. The van der Waals surface area contributed by atoms with E-state index in [1.807, 2.05) is 24.3 Å². The van der Waals surface area contributed by atoms with E-state index in [0.717, 1.165) is 11.4 Å². The van der Waals surface area contributed by atoms with Gasteiger partial charge in [0, 0.05) is 9.90 Å². The molecule has 0 bridgehead atoms. The Hall–Kier alpha value is -0.830. The van der Waals surface area contributed by atoms with Gasteiger partial charge in [-0.05, 0) is 47.7 Å². The van der Waals surface area contributed by atoms with Crippen molar-refractivity contribution < 1.29 is 0 Å². The van der Waals surface area contributed by atoms with Crippen LogP contribution in [0.2, 0.25) is 5.02 Å². The van der Waals surface area contributed by atoms with Crippen LogP contribution in [0, 0.1) is 0 Å². The third-order valence-electron chi connectivity index (χ3n) is 2.22. The Bertz CT molecular complexity index is 433. The molecule has 0 fully saturated rings. The number of nitrogens with two attached hydrogens (primary N) is 1. The summed E-state index contributed by atoms with van der Waals surface area (Å²) >= 11 is 7.59. The molecule has 0 amide bonds. The van der Waals surface area contributed by atoms with Crippen LogP contribution in [0.3, 0.4) is 0 Å². The van der Waals surface area contributed by atoms with E-state index in [1.165, 1.54) is 16.0 Å². The minimum Gasteiger partial charge on any atom is -0.330 e. The molecule has 0 unspecified atom stereocenters. The van der Waals surface area contributed by atoms with E-state index in [9.17, 15) is 0 Å². The first-order valence-corrected chi connectivity index (χ1v) is 6.09. The van der Waals surface area contributed by atoms with Crippen molar-refractivity contribution in [1.29, 1.82) is 0 Å². The molecule has 2 rings (SSSR count). The lowest BCUT2D eigenvalue weighted by Gasteiger charge is -1.96. The Kier molecular flexibility index (Phi) is 3.41. The largest absolute Gasteiger partial charge is 0.330 e. The monoisotopic (exact) mass is 237 g/mol. The zero-order valence-corrected chi connectivity index (χ0v) is 9.81. The van der Waals surface area contributed by atoms with Gasteiger partial charge in [0.2, 0.25) is 0 Å². The molecule has 3 heteroatoms. The van der Waals surface area contributed by atoms with Gasteiger partial charge in [-0.3, -0.25) is 0 Å². The molecule has 2 aromatic rings.